The first kappa shape index (κ1) is 14.1. The van der Waals surface area contributed by atoms with Gasteiger partial charge in [-0.25, -0.2) is 19.3 Å². The molecule has 0 saturated carbocycles. The number of rotatable bonds is 4. The zero-order chi connectivity index (χ0) is 15.6. The van der Waals surface area contributed by atoms with Gasteiger partial charge in [-0.2, -0.15) is 0 Å². The molecule has 0 spiro atoms. The first-order valence-corrected chi connectivity index (χ1v) is 5.46. The molecule has 1 heterocycles. The summed E-state index contributed by atoms with van der Waals surface area (Å²) in [5.74, 6) is -2.42. The van der Waals surface area contributed by atoms with Gasteiger partial charge in [0.15, 0.2) is 0 Å². The van der Waals surface area contributed by atoms with Crippen molar-refractivity contribution in [2.24, 2.45) is 0 Å². The van der Waals surface area contributed by atoms with E-state index < -0.39 is 28.1 Å². The van der Waals surface area contributed by atoms with E-state index in [2.05, 4.69) is 14.8 Å². The van der Waals surface area contributed by atoms with Crippen molar-refractivity contribution in [3.63, 3.8) is 0 Å². The van der Waals surface area contributed by atoms with Crippen LogP contribution in [0.25, 0.3) is 5.69 Å². The second kappa shape index (κ2) is 5.36. The number of carbonyl (C=O) groups excluding carboxylic acids is 1. The first-order valence-electron chi connectivity index (χ1n) is 5.46. The molecule has 2 aromatic rings. The molecule has 0 atom stereocenters. The number of nitrogens with zero attached hydrogens (tertiary/aromatic N) is 4. The Kier molecular flexibility index (Phi) is 3.61. The van der Waals surface area contributed by atoms with Crippen LogP contribution in [0.5, 0.6) is 0 Å². The predicted molar refractivity (Wildman–Crippen MR) is 66.3 cm³/mol. The largest absolute Gasteiger partial charge is 0.477 e. The van der Waals surface area contributed by atoms with Crippen molar-refractivity contribution < 1.29 is 24.4 Å². The van der Waals surface area contributed by atoms with Crippen LogP contribution in [0.3, 0.4) is 0 Å². The summed E-state index contributed by atoms with van der Waals surface area (Å²) in [6.45, 7) is 0. The number of benzene rings is 1. The van der Waals surface area contributed by atoms with Gasteiger partial charge >= 0.3 is 11.9 Å². The molecule has 0 aliphatic rings. The van der Waals surface area contributed by atoms with E-state index in [-0.39, 0.29) is 11.5 Å². The maximum atomic E-state index is 11.2. The minimum Gasteiger partial charge on any atom is -0.477 e. The molecule has 1 N–H and O–H groups in total. The number of methoxy groups -OCH3 is 1. The molecule has 0 saturated heterocycles. The lowest BCUT2D eigenvalue weighted by Gasteiger charge is -2.03. The van der Waals surface area contributed by atoms with Crippen LogP contribution in [-0.4, -0.2) is 43.8 Å². The molecule has 2 rings (SSSR count). The fraction of sp³-hybridized carbons (Fsp3) is 0.0909. The number of carbonyl (C=O) groups is 2. The normalized spacial score (nSPS) is 10.1. The van der Waals surface area contributed by atoms with Crippen LogP contribution in [-0.2, 0) is 4.74 Å². The van der Waals surface area contributed by atoms with Crippen LogP contribution in [0.2, 0.25) is 0 Å². The van der Waals surface area contributed by atoms with Crippen molar-refractivity contribution >= 4 is 17.6 Å². The third kappa shape index (κ3) is 2.68. The van der Waals surface area contributed by atoms with Gasteiger partial charge in [-0.05, 0) is 12.1 Å². The lowest BCUT2D eigenvalue weighted by molar-refractivity contribution is -0.385. The topological polar surface area (TPSA) is 137 Å². The van der Waals surface area contributed by atoms with Gasteiger partial charge in [0.1, 0.15) is 11.9 Å². The van der Waals surface area contributed by atoms with Gasteiger partial charge in [-0.15, -0.1) is 5.10 Å². The van der Waals surface area contributed by atoms with Crippen molar-refractivity contribution in [3.8, 4) is 5.69 Å². The summed E-state index contributed by atoms with van der Waals surface area (Å²) in [7, 11) is 1.16. The first-order chi connectivity index (χ1) is 9.93. The van der Waals surface area contributed by atoms with E-state index in [1.54, 1.807) is 0 Å². The molecule has 0 aliphatic heterocycles. The Morgan fingerprint density at radius 1 is 1.43 bits per heavy atom. The molecule has 0 aliphatic carbocycles. The monoisotopic (exact) mass is 292 g/mol. The van der Waals surface area contributed by atoms with Crippen LogP contribution in [0.1, 0.15) is 21.0 Å². The highest BCUT2D eigenvalue weighted by Crippen LogP contribution is 2.21. The smallest absolute Gasteiger partial charge is 0.377 e. The van der Waals surface area contributed by atoms with Gasteiger partial charge in [0.05, 0.1) is 17.7 Å². The molecule has 10 nitrogen and oxygen atoms in total. The number of aromatic nitrogens is 3. The molecule has 0 amide bonds. The van der Waals surface area contributed by atoms with E-state index in [9.17, 15) is 19.7 Å². The number of carboxylic acids is 1. The highest BCUT2D eigenvalue weighted by Gasteiger charge is 2.21. The Balaban J connectivity index is 2.48. The zero-order valence-corrected chi connectivity index (χ0v) is 10.6. The second-order valence-corrected chi connectivity index (χ2v) is 3.77. The lowest BCUT2D eigenvalue weighted by Crippen LogP contribution is -2.07. The summed E-state index contributed by atoms with van der Waals surface area (Å²) in [6.07, 6.45) is 1.17. The minimum absolute atomic E-state index is 0.209. The zero-order valence-electron chi connectivity index (χ0n) is 10.6. The second-order valence-electron chi connectivity index (χ2n) is 3.77. The Morgan fingerprint density at radius 3 is 2.71 bits per heavy atom. The molecule has 108 valence electrons. The molecule has 10 heteroatoms. The Labute approximate surface area is 116 Å². The number of aromatic carboxylic acids is 1. The van der Waals surface area contributed by atoms with Gasteiger partial charge in [0.25, 0.3) is 11.5 Å². The van der Waals surface area contributed by atoms with E-state index in [1.165, 1.54) is 12.4 Å². The van der Waals surface area contributed by atoms with Crippen molar-refractivity contribution in [1.82, 2.24) is 14.8 Å². The third-order valence-corrected chi connectivity index (χ3v) is 2.53. The number of esters is 1. The maximum absolute atomic E-state index is 11.2. The Hall–Kier alpha value is -3.30. The van der Waals surface area contributed by atoms with E-state index in [4.69, 9.17) is 5.11 Å². The molecule has 0 radical (unpaired) electrons. The van der Waals surface area contributed by atoms with Gasteiger partial charge in [0, 0.05) is 6.07 Å². The van der Waals surface area contributed by atoms with Crippen molar-refractivity contribution in [2.75, 3.05) is 7.11 Å². The fourth-order valence-electron chi connectivity index (χ4n) is 1.57. The average Bonchev–Trinajstić information content (AvgIpc) is 2.95. The molecule has 0 bridgehead atoms. The SMILES string of the molecule is COC(=O)c1ncn(-c2ccc([N+](=O)[O-])c(C(=O)O)c2)n1. The number of nitro benzene ring substituents is 1. The maximum Gasteiger partial charge on any atom is 0.377 e. The summed E-state index contributed by atoms with van der Waals surface area (Å²) >= 11 is 0. The lowest BCUT2D eigenvalue weighted by atomic mass is 10.1. The highest BCUT2D eigenvalue weighted by molar-refractivity contribution is 5.93. The number of nitro groups is 1. The van der Waals surface area contributed by atoms with E-state index in [0.29, 0.717) is 0 Å². The number of ether oxygens (including phenoxy) is 1. The molecule has 0 unspecified atom stereocenters. The van der Waals surface area contributed by atoms with Crippen molar-refractivity contribution in [2.45, 2.75) is 0 Å². The predicted octanol–water partition coefficient (Wildman–Crippen LogP) is 0.660. The van der Waals surface area contributed by atoms with Crippen LogP contribution >= 0.6 is 0 Å². The van der Waals surface area contributed by atoms with Crippen LogP contribution in [0.15, 0.2) is 24.5 Å². The van der Waals surface area contributed by atoms with Crippen molar-refractivity contribution in [3.05, 3.63) is 46.0 Å². The average molecular weight is 292 g/mol. The van der Waals surface area contributed by atoms with Gasteiger partial charge in [0.2, 0.25) is 0 Å². The van der Waals surface area contributed by atoms with E-state index in [0.717, 1.165) is 23.9 Å². The summed E-state index contributed by atoms with van der Waals surface area (Å²) < 4.78 is 5.55. The van der Waals surface area contributed by atoms with Crippen molar-refractivity contribution in [1.29, 1.82) is 0 Å². The summed E-state index contributed by atoms with van der Waals surface area (Å²) in [4.78, 5) is 35.9. The minimum atomic E-state index is -1.45. The molecule has 1 aromatic heterocycles. The van der Waals surface area contributed by atoms with E-state index in [1.807, 2.05) is 0 Å². The number of hydrogen-bond donors (Lipinski definition) is 1. The van der Waals surface area contributed by atoms with Crippen LogP contribution in [0.4, 0.5) is 5.69 Å². The molecular weight excluding hydrogens is 284 g/mol. The van der Waals surface area contributed by atoms with Crippen LogP contribution < -0.4 is 0 Å². The number of carboxylic acid groups (broad SMARTS) is 1. The standard InChI is InChI=1S/C11H8N4O6/c1-21-11(18)9-12-5-14(13-9)6-2-3-8(15(19)20)7(4-6)10(16)17/h2-5H,1H3,(H,16,17). The van der Waals surface area contributed by atoms with Gasteiger partial charge in [-0.3, -0.25) is 10.1 Å². The quantitative estimate of drug-likeness (QED) is 0.492. The Morgan fingerprint density at radius 2 is 2.14 bits per heavy atom. The van der Waals surface area contributed by atoms with Gasteiger partial charge in [-0.1, -0.05) is 0 Å². The molecule has 0 fully saturated rings. The number of hydrogen-bond acceptors (Lipinski definition) is 7. The van der Waals surface area contributed by atoms with Gasteiger partial charge < -0.3 is 9.84 Å². The molecular formula is C11H8N4O6. The third-order valence-electron chi connectivity index (χ3n) is 2.53. The fourth-order valence-corrected chi connectivity index (χ4v) is 1.57. The summed E-state index contributed by atoms with van der Waals surface area (Å²) in [6, 6.07) is 3.40. The van der Waals surface area contributed by atoms with Crippen LogP contribution in [0, 0.1) is 10.1 Å². The summed E-state index contributed by atoms with van der Waals surface area (Å²) in [5.41, 5.74) is -0.826. The Bertz CT molecular complexity index is 738. The highest BCUT2D eigenvalue weighted by atomic mass is 16.6. The molecule has 1 aromatic carbocycles. The summed E-state index contributed by atoms with van der Waals surface area (Å²) in [5, 5.41) is 23.5. The molecule has 21 heavy (non-hydrogen) atoms. The van der Waals surface area contributed by atoms with E-state index >= 15 is 0 Å².